The lowest BCUT2D eigenvalue weighted by atomic mass is 10.2. The highest BCUT2D eigenvalue weighted by molar-refractivity contribution is 9.10. The average Bonchev–Trinajstić information content (AvgIpc) is 3.58. The summed E-state index contributed by atoms with van der Waals surface area (Å²) < 4.78 is 2.40. The topological polar surface area (TPSA) is 162 Å². The van der Waals surface area contributed by atoms with Gasteiger partial charge in [-0.2, -0.15) is 0 Å². The second kappa shape index (κ2) is 14.3. The smallest absolute Gasteiger partial charge is 0.300 e. The van der Waals surface area contributed by atoms with Crippen LogP contribution in [0.25, 0.3) is 16.7 Å². The maximum absolute atomic E-state index is 13.4. The molecule has 43 heavy (non-hydrogen) atoms. The summed E-state index contributed by atoms with van der Waals surface area (Å²) in [7, 11) is 0. The summed E-state index contributed by atoms with van der Waals surface area (Å²) >= 11 is 3.47. The lowest BCUT2D eigenvalue weighted by molar-refractivity contribution is -0.134. The number of fused-ring (bicyclic) bond motifs is 1. The number of primary amides is 1. The second-order valence-corrected chi connectivity index (χ2v) is 11.3. The summed E-state index contributed by atoms with van der Waals surface area (Å²) in [6.45, 7) is 10.4. The molecule has 1 aliphatic heterocycles. The van der Waals surface area contributed by atoms with E-state index < -0.39 is 17.8 Å². The number of hydrogen-bond donors (Lipinski definition) is 4. The zero-order chi connectivity index (χ0) is 31.1. The van der Waals surface area contributed by atoms with E-state index in [4.69, 9.17) is 15.6 Å². The molecule has 2 aromatic carbocycles. The van der Waals surface area contributed by atoms with E-state index in [0.717, 1.165) is 59.9 Å². The number of anilines is 2. The van der Waals surface area contributed by atoms with Crippen molar-refractivity contribution in [3.8, 4) is 5.69 Å². The number of hydrogen-bond acceptors (Lipinski definition) is 7. The molecule has 3 heterocycles. The SMILES string of the molecule is CC(=O)O.CCCCCN1CCN(c2ccc3[nH]c(NC(=O)c4c(C(N)=O)ncn4-c4cc(Br)ccc4C)nc3c2)CC1. The lowest BCUT2D eigenvalue weighted by Crippen LogP contribution is -2.46. The predicted octanol–water partition coefficient (Wildman–Crippen LogP) is 4.57. The van der Waals surface area contributed by atoms with Crippen LogP contribution >= 0.6 is 15.9 Å². The number of nitrogens with two attached hydrogens (primary N) is 1. The van der Waals surface area contributed by atoms with Crippen LogP contribution in [0, 0.1) is 6.92 Å². The Bertz CT molecular complexity index is 1600. The maximum Gasteiger partial charge on any atom is 0.300 e. The van der Waals surface area contributed by atoms with E-state index in [0.29, 0.717) is 5.69 Å². The third kappa shape index (κ3) is 7.99. The van der Waals surface area contributed by atoms with Gasteiger partial charge in [0, 0.05) is 43.3 Å². The molecule has 228 valence electrons. The molecule has 0 aliphatic carbocycles. The Kier molecular flexibility index (Phi) is 10.5. The zero-order valence-electron chi connectivity index (χ0n) is 24.6. The van der Waals surface area contributed by atoms with Crippen LogP contribution in [0.5, 0.6) is 0 Å². The normalized spacial score (nSPS) is 13.4. The highest BCUT2D eigenvalue weighted by Crippen LogP contribution is 2.26. The summed E-state index contributed by atoms with van der Waals surface area (Å²) in [5.74, 6) is -1.88. The van der Waals surface area contributed by atoms with E-state index in [1.807, 2.05) is 37.3 Å². The van der Waals surface area contributed by atoms with Gasteiger partial charge in [0.2, 0.25) is 5.95 Å². The van der Waals surface area contributed by atoms with Crippen LogP contribution in [0.3, 0.4) is 0 Å². The fourth-order valence-electron chi connectivity index (χ4n) is 5.00. The Hall–Kier alpha value is -4.23. The van der Waals surface area contributed by atoms with Crippen molar-refractivity contribution in [1.82, 2.24) is 24.4 Å². The number of aromatic nitrogens is 4. The number of halogens is 1. The molecule has 2 aromatic heterocycles. The summed E-state index contributed by atoms with van der Waals surface area (Å²) in [5.41, 5.74) is 9.76. The van der Waals surface area contributed by atoms with Gasteiger partial charge in [0.25, 0.3) is 17.8 Å². The van der Waals surface area contributed by atoms with Crippen molar-refractivity contribution in [2.24, 2.45) is 5.73 Å². The number of aryl methyl sites for hydroxylation is 1. The van der Waals surface area contributed by atoms with Gasteiger partial charge in [-0.3, -0.25) is 29.2 Å². The van der Waals surface area contributed by atoms with Gasteiger partial charge in [-0.1, -0.05) is 41.8 Å². The van der Waals surface area contributed by atoms with Crippen LogP contribution in [0.1, 0.15) is 59.7 Å². The van der Waals surface area contributed by atoms with Crippen molar-refractivity contribution in [1.29, 1.82) is 0 Å². The minimum absolute atomic E-state index is 0.0432. The summed E-state index contributed by atoms with van der Waals surface area (Å²) in [6.07, 6.45) is 5.21. The number of rotatable bonds is 9. The number of carboxylic acid groups (broad SMARTS) is 1. The van der Waals surface area contributed by atoms with Crippen LogP contribution in [0.2, 0.25) is 0 Å². The monoisotopic (exact) mass is 652 g/mol. The Morgan fingerprint density at radius 1 is 1.09 bits per heavy atom. The molecule has 5 N–H and O–H groups in total. The third-order valence-corrected chi connectivity index (χ3v) is 7.65. The van der Waals surface area contributed by atoms with E-state index in [2.05, 4.69) is 59.0 Å². The molecule has 0 spiro atoms. The van der Waals surface area contributed by atoms with Crippen LogP contribution in [0.4, 0.5) is 11.6 Å². The Morgan fingerprint density at radius 2 is 1.81 bits per heavy atom. The van der Waals surface area contributed by atoms with Crippen molar-refractivity contribution in [3.63, 3.8) is 0 Å². The first kappa shape index (κ1) is 31.7. The number of carbonyl (C=O) groups is 3. The molecular formula is C30H37BrN8O4. The van der Waals surface area contributed by atoms with Crippen LogP contribution in [0.15, 0.2) is 47.2 Å². The lowest BCUT2D eigenvalue weighted by Gasteiger charge is -2.36. The standard InChI is InChI=1S/C28H33BrN8O2.C2H4O2/c1-3-4-5-10-35-11-13-36(14-12-35)20-8-9-21-22(16-20)33-28(32-21)34-27(39)25-24(26(30)38)31-17-37(25)23-15-19(29)7-6-18(23)2;1-2(3)4/h6-9,15-17H,3-5,10-14H2,1-2H3,(H2,30,38)(H2,32,33,34,39);1H3,(H,3,4). The number of aromatic amines is 1. The fraction of sp³-hybridized carbons (Fsp3) is 0.367. The van der Waals surface area contributed by atoms with Gasteiger partial charge in [-0.25, -0.2) is 9.97 Å². The molecular weight excluding hydrogens is 616 g/mol. The molecule has 0 radical (unpaired) electrons. The van der Waals surface area contributed by atoms with E-state index in [1.54, 1.807) is 4.57 Å². The molecule has 0 unspecified atom stereocenters. The number of amides is 2. The maximum atomic E-state index is 13.4. The number of carboxylic acids is 1. The number of aliphatic carboxylic acids is 1. The van der Waals surface area contributed by atoms with Gasteiger partial charge >= 0.3 is 0 Å². The molecule has 0 atom stereocenters. The quantitative estimate of drug-likeness (QED) is 0.191. The zero-order valence-corrected chi connectivity index (χ0v) is 26.1. The highest BCUT2D eigenvalue weighted by atomic mass is 79.9. The highest BCUT2D eigenvalue weighted by Gasteiger charge is 2.25. The van der Waals surface area contributed by atoms with Crippen LogP contribution < -0.4 is 16.0 Å². The fourth-order valence-corrected chi connectivity index (χ4v) is 5.35. The van der Waals surface area contributed by atoms with Gasteiger partial charge in [0.15, 0.2) is 5.69 Å². The number of benzene rings is 2. The van der Waals surface area contributed by atoms with Gasteiger partial charge in [-0.05, 0) is 55.8 Å². The Morgan fingerprint density at radius 3 is 2.49 bits per heavy atom. The number of carbonyl (C=O) groups excluding carboxylic acids is 2. The molecule has 0 saturated carbocycles. The second-order valence-electron chi connectivity index (χ2n) is 10.4. The first-order valence-electron chi connectivity index (χ1n) is 14.2. The molecule has 12 nitrogen and oxygen atoms in total. The van der Waals surface area contributed by atoms with Crippen molar-refractivity contribution >= 4 is 56.4 Å². The first-order valence-corrected chi connectivity index (χ1v) is 15.0. The minimum Gasteiger partial charge on any atom is -0.481 e. The van der Waals surface area contributed by atoms with Gasteiger partial charge < -0.3 is 20.7 Å². The van der Waals surface area contributed by atoms with Crippen molar-refractivity contribution in [2.75, 3.05) is 42.9 Å². The molecule has 1 fully saturated rings. The number of unbranched alkanes of at least 4 members (excludes halogenated alkanes) is 2. The number of piperazine rings is 1. The van der Waals surface area contributed by atoms with Crippen molar-refractivity contribution in [2.45, 2.75) is 40.0 Å². The van der Waals surface area contributed by atoms with Crippen LogP contribution in [-0.4, -0.2) is 80.0 Å². The Balaban J connectivity index is 0.000000996. The summed E-state index contributed by atoms with van der Waals surface area (Å²) in [4.78, 5) is 51.4. The van der Waals surface area contributed by atoms with Gasteiger partial charge in [0.05, 0.1) is 16.7 Å². The van der Waals surface area contributed by atoms with E-state index in [9.17, 15) is 9.59 Å². The third-order valence-electron chi connectivity index (χ3n) is 7.16. The first-order chi connectivity index (χ1) is 20.6. The molecule has 1 saturated heterocycles. The molecule has 4 aromatic rings. The molecule has 0 bridgehead atoms. The predicted molar refractivity (Wildman–Crippen MR) is 170 cm³/mol. The summed E-state index contributed by atoms with van der Waals surface area (Å²) in [5, 5.41) is 10.2. The number of imidazole rings is 2. The van der Waals surface area contributed by atoms with Gasteiger partial charge in [0.1, 0.15) is 12.0 Å². The number of nitrogens with zero attached hydrogens (tertiary/aromatic N) is 5. The van der Waals surface area contributed by atoms with E-state index >= 15 is 0 Å². The van der Waals surface area contributed by atoms with E-state index in [-0.39, 0.29) is 17.3 Å². The number of H-pyrrole nitrogens is 1. The van der Waals surface area contributed by atoms with Crippen molar-refractivity contribution < 1.29 is 19.5 Å². The van der Waals surface area contributed by atoms with Crippen LogP contribution in [-0.2, 0) is 4.79 Å². The van der Waals surface area contributed by atoms with Gasteiger partial charge in [-0.15, -0.1) is 0 Å². The Labute approximate surface area is 258 Å². The van der Waals surface area contributed by atoms with Crippen molar-refractivity contribution in [3.05, 3.63) is 64.1 Å². The minimum atomic E-state index is -0.833. The average molecular weight is 654 g/mol. The molecule has 1 aliphatic rings. The molecule has 5 rings (SSSR count). The molecule has 2 amide bonds. The number of nitrogens with one attached hydrogen (secondary N) is 2. The largest absolute Gasteiger partial charge is 0.481 e. The molecule has 13 heteroatoms. The van der Waals surface area contributed by atoms with E-state index in [1.165, 1.54) is 32.1 Å². The summed E-state index contributed by atoms with van der Waals surface area (Å²) in [6, 6.07) is 11.8.